The topological polar surface area (TPSA) is 164 Å². The van der Waals surface area contributed by atoms with E-state index in [-0.39, 0.29) is 43.2 Å². The van der Waals surface area contributed by atoms with Gasteiger partial charge < -0.3 is 33.9 Å². The number of fused-ring (bicyclic) bond motifs is 7. The lowest BCUT2D eigenvalue weighted by atomic mass is 9.84. The van der Waals surface area contributed by atoms with Crippen molar-refractivity contribution in [3.63, 3.8) is 0 Å². The number of hydrogen-bond donors (Lipinski definition) is 2. The number of hydrazine groups is 1. The summed E-state index contributed by atoms with van der Waals surface area (Å²) in [6.45, 7) is 15.7. The van der Waals surface area contributed by atoms with Crippen LogP contribution in [0.15, 0.2) is 41.9 Å². The van der Waals surface area contributed by atoms with Crippen LogP contribution >= 0.6 is 11.3 Å². The van der Waals surface area contributed by atoms with E-state index in [1.165, 1.54) is 21.2 Å². The molecular weight excluding hydrogens is 847 g/mol. The van der Waals surface area contributed by atoms with Gasteiger partial charge in [0.15, 0.2) is 0 Å². The van der Waals surface area contributed by atoms with Crippen LogP contribution in [0.2, 0.25) is 0 Å². The lowest BCUT2D eigenvalue weighted by Gasteiger charge is -2.37. The fourth-order valence-corrected chi connectivity index (χ4v) is 11.0. The van der Waals surface area contributed by atoms with Crippen LogP contribution in [-0.4, -0.2) is 149 Å². The molecule has 3 saturated heterocycles. The Morgan fingerprint density at radius 2 is 1.94 bits per heavy atom. The molecule has 3 aromatic heterocycles. The molecule has 17 heteroatoms. The summed E-state index contributed by atoms with van der Waals surface area (Å²) in [5, 5.41) is 8.22. The van der Waals surface area contributed by atoms with Crippen molar-refractivity contribution < 1.29 is 33.4 Å². The second kappa shape index (κ2) is 19.1. The standard InChI is InChI=1S/C48H65N9O7S/c1-10-56-37-16-15-30-21-32(37)33(43(56)31-13-11-17-49-41(31)29(4)62-9)23-48(5,6)27-64-46(60)34-14-12-18-57(52-34)45(59)35(22-40-50-36(30)26-65-40)51-44(58)42(28(2)3)54(8)47(61)55-24-38-39(25-55)63-20-19-53(38)7/h11,13,15-17,21,26,28-29,34-35,38-39,42,52H,10,12,14,18-20,22-25,27H2,1-9H3,(H,51,58)/t29-,34-,35-,38-,39+,42-/m0/s1. The van der Waals surface area contributed by atoms with Crippen LogP contribution in [-0.2, 0) is 48.0 Å². The van der Waals surface area contributed by atoms with Crippen LogP contribution in [0.25, 0.3) is 33.4 Å². The summed E-state index contributed by atoms with van der Waals surface area (Å²) < 4.78 is 20.3. The number of likely N-dealkylation sites (N-methyl/N-ethyl adjacent to an activating group) is 2. The molecule has 0 aliphatic carbocycles. The van der Waals surface area contributed by atoms with Gasteiger partial charge in [0, 0.05) is 85.8 Å². The summed E-state index contributed by atoms with van der Waals surface area (Å²) >= 11 is 1.43. The lowest BCUT2D eigenvalue weighted by Crippen LogP contribution is -2.62. The van der Waals surface area contributed by atoms with E-state index in [0.29, 0.717) is 57.1 Å². The predicted octanol–water partition coefficient (Wildman–Crippen LogP) is 5.29. The summed E-state index contributed by atoms with van der Waals surface area (Å²) in [6.07, 6.45) is 3.19. The van der Waals surface area contributed by atoms with Crippen LogP contribution in [0.1, 0.15) is 76.8 Å². The Bertz CT molecular complexity index is 2420. The molecule has 7 heterocycles. The number of amides is 4. The van der Waals surface area contributed by atoms with Gasteiger partial charge in [0.05, 0.1) is 60.1 Å². The van der Waals surface area contributed by atoms with Crippen molar-refractivity contribution in [3.05, 3.63) is 58.2 Å². The second-order valence-electron chi connectivity index (χ2n) is 19.2. The average Bonchev–Trinajstić information content (AvgIpc) is 4.03. The first-order valence-electron chi connectivity index (χ1n) is 23.0. The van der Waals surface area contributed by atoms with E-state index in [2.05, 4.69) is 65.2 Å². The molecule has 65 heavy (non-hydrogen) atoms. The molecular formula is C48H65N9O7S. The van der Waals surface area contributed by atoms with Gasteiger partial charge in [-0.05, 0) is 75.9 Å². The van der Waals surface area contributed by atoms with Gasteiger partial charge in [-0.15, -0.1) is 11.3 Å². The third kappa shape index (κ3) is 9.40. The molecule has 6 atom stereocenters. The van der Waals surface area contributed by atoms with Crippen molar-refractivity contribution in [2.45, 2.75) is 110 Å². The van der Waals surface area contributed by atoms with E-state index >= 15 is 0 Å². The molecule has 16 nitrogen and oxygen atoms in total. The molecule has 4 aliphatic heterocycles. The van der Waals surface area contributed by atoms with E-state index in [4.69, 9.17) is 24.2 Å². The van der Waals surface area contributed by atoms with Gasteiger partial charge in [-0.1, -0.05) is 33.8 Å². The fourth-order valence-electron chi connectivity index (χ4n) is 10.1. The van der Waals surface area contributed by atoms with Crippen molar-refractivity contribution >= 4 is 46.1 Å². The van der Waals surface area contributed by atoms with Gasteiger partial charge in [0.1, 0.15) is 18.1 Å². The smallest absolute Gasteiger partial charge is 0.324 e. The molecule has 0 radical (unpaired) electrons. The molecule has 1 aromatic carbocycles. The predicted molar refractivity (Wildman–Crippen MR) is 249 cm³/mol. The molecule has 2 N–H and O–H groups in total. The number of methoxy groups -OCH3 is 1. The highest BCUT2D eigenvalue weighted by Crippen LogP contribution is 2.42. The monoisotopic (exact) mass is 911 g/mol. The third-order valence-electron chi connectivity index (χ3n) is 13.6. The first-order valence-corrected chi connectivity index (χ1v) is 23.9. The number of esters is 1. The number of cyclic esters (lactones) is 1. The number of carbonyl (C=O) groups excluding carboxylic acids is 4. The number of ether oxygens (including phenoxy) is 3. The highest BCUT2D eigenvalue weighted by molar-refractivity contribution is 7.10. The molecule has 0 spiro atoms. The van der Waals surface area contributed by atoms with Crippen molar-refractivity contribution in [2.24, 2.45) is 11.3 Å². The number of morpholine rings is 1. The van der Waals surface area contributed by atoms with Gasteiger partial charge in [0.2, 0.25) is 5.91 Å². The summed E-state index contributed by atoms with van der Waals surface area (Å²) in [7, 11) is 5.39. The maximum Gasteiger partial charge on any atom is 0.324 e. The number of urea groups is 1. The number of nitrogens with one attached hydrogen (secondary N) is 2. The summed E-state index contributed by atoms with van der Waals surface area (Å²) in [6, 6.07) is 7.59. The van der Waals surface area contributed by atoms with Crippen LogP contribution in [0.4, 0.5) is 4.79 Å². The number of benzene rings is 1. The van der Waals surface area contributed by atoms with Crippen LogP contribution in [0, 0.1) is 11.3 Å². The summed E-state index contributed by atoms with van der Waals surface area (Å²) in [4.78, 5) is 72.5. The molecule has 0 saturated carbocycles. The van der Waals surface area contributed by atoms with Crippen molar-refractivity contribution in [1.29, 1.82) is 0 Å². The van der Waals surface area contributed by atoms with E-state index in [9.17, 15) is 19.2 Å². The molecule has 8 rings (SSSR count). The maximum absolute atomic E-state index is 14.7. The third-order valence-corrected chi connectivity index (χ3v) is 14.5. The van der Waals surface area contributed by atoms with Gasteiger partial charge >= 0.3 is 12.0 Å². The SMILES string of the molecule is CCn1c(-c2cccnc2[C@H](C)OC)c2c3cc(ccc31)-c1csc(n1)C[C@H](NC(=O)[C@H](C(C)C)N(C)C(=O)N1C[C@H]3OCCN(C)[C@H]3C1)C(=O)N1CCC[C@H](N1)C(=O)OCC(C)(C)C2. The highest BCUT2D eigenvalue weighted by Gasteiger charge is 2.44. The minimum atomic E-state index is -1.05. The van der Waals surface area contributed by atoms with E-state index in [0.717, 1.165) is 51.2 Å². The Morgan fingerprint density at radius 3 is 2.68 bits per heavy atom. The van der Waals surface area contributed by atoms with Gasteiger partial charge in [0.25, 0.3) is 5.91 Å². The van der Waals surface area contributed by atoms with Crippen LogP contribution < -0.4 is 10.7 Å². The lowest BCUT2D eigenvalue weighted by molar-refractivity contribution is -0.155. The largest absolute Gasteiger partial charge is 0.464 e. The van der Waals surface area contributed by atoms with Crippen molar-refractivity contribution in [3.8, 4) is 22.5 Å². The Morgan fingerprint density at radius 1 is 1.14 bits per heavy atom. The first kappa shape index (κ1) is 46.6. The van der Waals surface area contributed by atoms with E-state index in [1.807, 2.05) is 39.3 Å². The normalized spacial score (nSPS) is 23.8. The van der Waals surface area contributed by atoms with Gasteiger partial charge in [-0.3, -0.25) is 29.3 Å². The van der Waals surface area contributed by atoms with Crippen molar-refractivity contribution in [1.82, 2.24) is 45.0 Å². The van der Waals surface area contributed by atoms with E-state index in [1.54, 1.807) is 25.3 Å². The summed E-state index contributed by atoms with van der Waals surface area (Å²) in [5.41, 5.74) is 9.38. The molecule has 3 fully saturated rings. The number of aryl methyl sites for hydroxylation is 1. The highest BCUT2D eigenvalue weighted by atomic mass is 32.1. The minimum Gasteiger partial charge on any atom is -0.464 e. The maximum atomic E-state index is 14.7. The number of hydrogen-bond acceptors (Lipinski definition) is 12. The first-order chi connectivity index (χ1) is 31.1. The summed E-state index contributed by atoms with van der Waals surface area (Å²) in [5.74, 6) is -1.56. The second-order valence-corrected chi connectivity index (χ2v) is 20.2. The molecule has 6 bridgehead atoms. The van der Waals surface area contributed by atoms with Crippen LogP contribution in [0.5, 0.6) is 0 Å². The van der Waals surface area contributed by atoms with Gasteiger partial charge in [-0.25, -0.2) is 15.2 Å². The Kier molecular flexibility index (Phi) is 13.7. The molecule has 0 unspecified atom stereocenters. The fraction of sp³-hybridized carbons (Fsp3) is 0.583. The number of thiazole rings is 1. The molecule has 4 amide bonds. The number of aromatic nitrogens is 3. The van der Waals surface area contributed by atoms with Crippen molar-refractivity contribution in [2.75, 3.05) is 60.6 Å². The Balaban J connectivity index is 1.15. The number of likely N-dealkylation sites (tertiary alicyclic amines) is 1. The zero-order valence-corrected chi connectivity index (χ0v) is 40.1. The number of rotatable bonds is 8. The minimum absolute atomic E-state index is 0.0843. The molecule has 4 aromatic rings. The molecule has 350 valence electrons. The van der Waals surface area contributed by atoms with E-state index < -0.39 is 41.3 Å². The number of nitrogens with zero attached hydrogens (tertiary/aromatic N) is 7. The average molecular weight is 912 g/mol. The zero-order chi connectivity index (χ0) is 46.3. The Labute approximate surface area is 385 Å². The quantitative estimate of drug-likeness (QED) is 0.221. The number of pyridine rings is 1. The van der Waals surface area contributed by atoms with Crippen LogP contribution in [0.3, 0.4) is 0 Å². The van der Waals surface area contributed by atoms with Gasteiger partial charge in [-0.2, -0.15) is 0 Å². The zero-order valence-electron chi connectivity index (χ0n) is 39.3. The Hall–Kier alpha value is -4.94. The number of carbonyl (C=O) groups is 4. The molecule has 4 aliphatic rings.